The number of fused-ring (bicyclic) bond motifs is 16. The van der Waals surface area contributed by atoms with Crippen LogP contribution < -0.4 is 4.74 Å². The minimum absolute atomic E-state index is 0.0455. The molecule has 11 aromatic carbocycles. The number of nitrogens with zero attached hydrogens (tertiary/aromatic N) is 1. The molecule has 354 valence electrons. The van der Waals surface area contributed by atoms with E-state index in [-0.39, 0.29) is 12.0 Å². The predicted octanol–water partition coefficient (Wildman–Crippen LogP) is 18.0. The van der Waals surface area contributed by atoms with E-state index in [1.165, 1.54) is 83.1 Å². The van der Waals surface area contributed by atoms with E-state index in [0.29, 0.717) is 0 Å². The van der Waals surface area contributed by atoms with Crippen LogP contribution in [0.2, 0.25) is 0 Å². The Morgan fingerprint density at radius 3 is 1.44 bits per heavy atom. The van der Waals surface area contributed by atoms with Gasteiger partial charge < -0.3 is 4.74 Å². The summed E-state index contributed by atoms with van der Waals surface area (Å²) in [5, 5.41) is 2.43. The third kappa shape index (κ3) is 6.17. The van der Waals surface area contributed by atoms with E-state index in [1.807, 2.05) is 0 Å². The van der Waals surface area contributed by atoms with Crippen LogP contribution in [0.5, 0.6) is 11.5 Å². The molecule has 2 nitrogen and oxygen atoms in total. The SMILES string of the molecule is CCC1C(c2ccc(-c3cccc4c3Oc3ccccc3C43c4ccccc4C4(c5ccccc5-c5ccccc54)c4ccccc43)cc2)=CC(c2ccc(-c3ccccc3)c3ccccc23)=NC1c1ccccc1. The standard InChI is InChI=1S/C73H51NO/c1-2-51-59(46-68(74-70(51)50-24-7-4-8-25-50)58-45-44-52(47-22-5-3-6-23-47)54-26-9-10-27-55(54)58)49-42-40-48(41-43-49)53-30-21-38-67-71(53)75-69-39-20-19-37-66(69)73(67)64-35-17-15-33-62(64)72(63-34-16-18-36-65(63)73)60-31-13-11-28-56(60)57-29-12-14-32-61(57)72/h3-46,51,70H,2H2,1H3. The van der Waals surface area contributed by atoms with Crippen molar-refractivity contribution < 1.29 is 4.74 Å². The molecule has 2 aliphatic carbocycles. The summed E-state index contributed by atoms with van der Waals surface area (Å²) >= 11 is 0. The Hall–Kier alpha value is -9.11. The van der Waals surface area contributed by atoms with Crippen molar-refractivity contribution in [1.82, 2.24) is 0 Å². The minimum Gasteiger partial charge on any atom is -0.456 e. The molecule has 0 bridgehead atoms. The normalized spacial score (nSPS) is 16.9. The van der Waals surface area contributed by atoms with Gasteiger partial charge in [0.05, 0.1) is 22.6 Å². The van der Waals surface area contributed by atoms with Gasteiger partial charge in [0.25, 0.3) is 0 Å². The highest BCUT2D eigenvalue weighted by atomic mass is 16.5. The van der Waals surface area contributed by atoms with Crippen molar-refractivity contribution in [3.05, 3.63) is 328 Å². The predicted molar refractivity (Wildman–Crippen MR) is 308 cm³/mol. The van der Waals surface area contributed by atoms with Gasteiger partial charge in [-0.2, -0.15) is 0 Å². The van der Waals surface area contributed by atoms with E-state index < -0.39 is 10.8 Å². The van der Waals surface area contributed by atoms with E-state index in [4.69, 9.17) is 9.73 Å². The number of rotatable bonds is 6. The maximum atomic E-state index is 7.30. The topological polar surface area (TPSA) is 21.6 Å². The summed E-state index contributed by atoms with van der Waals surface area (Å²) in [6, 6.07) is 96.5. The van der Waals surface area contributed by atoms with Crippen molar-refractivity contribution in [2.75, 3.05) is 0 Å². The third-order valence-electron chi connectivity index (χ3n) is 17.1. The number of para-hydroxylation sites is 2. The molecule has 2 spiro atoms. The van der Waals surface area contributed by atoms with Gasteiger partial charge in [0.15, 0.2) is 0 Å². The van der Waals surface area contributed by atoms with Crippen LogP contribution in [-0.2, 0) is 10.8 Å². The minimum atomic E-state index is -0.683. The molecule has 2 unspecified atom stereocenters. The van der Waals surface area contributed by atoms with Crippen molar-refractivity contribution in [3.8, 4) is 44.9 Å². The first-order chi connectivity index (χ1) is 37.2. The first kappa shape index (κ1) is 43.5. The zero-order valence-corrected chi connectivity index (χ0v) is 41.6. The monoisotopic (exact) mass is 957 g/mol. The second-order valence-corrected chi connectivity index (χ2v) is 20.6. The molecule has 0 radical (unpaired) electrons. The first-order valence-electron chi connectivity index (χ1n) is 26.5. The third-order valence-corrected chi connectivity index (χ3v) is 17.1. The summed E-state index contributed by atoms with van der Waals surface area (Å²) in [5.74, 6) is 1.95. The van der Waals surface area contributed by atoms with Gasteiger partial charge in [-0.3, -0.25) is 4.99 Å². The van der Waals surface area contributed by atoms with Crippen molar-refractivity contribution in [2.24, 2.45) is 10.9 Å². The number of dihydropyridines is 1. The maximum Gasteiger partial charge on any atom is 0.140 e. The summed E-state index contributed by atoms with van der Waals surface area (Å²) < 4.78 is 7.30. The van der Waals surface area contributed by atoms with Crippen molar-refractivity contribution in [2.45, 2.75) is 30.2 Å². The largest absolute Gasteiger partial charge is 0.456 e. The second kappa shape index (κ2) is 17.0. The zero-order chi connectivity index (χ0) is 49.7. The number of hydrogen-bond acceptors (Lipinski definition) is 2. The first-order valence-corrected chi connectivity index (χ1v) is 26.5. The van der Waals surface area contributed by atoms with Gasteiger partial charge in [0.1, 0.15) is 11.5 Å². The average molecular weight is 958 g/mol. The number of benzene rings is 11. The summed E-state index contributed by atoms with van der Waals surface area (Å²) in [6.45, 7) is 2.31. The molecule has 0 fully saturated rings. The van der Waals surface area contributed by atoms with Gasteiger partial charge in [-0.1, -0.05) is 262 Å². The molecule has 0 saturated heterocycles. The van der Waals surface area contributed by atoms with Crippen molar-refractivity contribution >= 4 is 22.1 Å². The molecule has 2 aliphatic heterocycles. The molecule has 4 aliphatic rings. The van der Waals surface area contributed by atoms with Crippen LogP contribution in [0.25, 0.3) is 49.7 Å². The van der Waals surface area contributed by atoms with Gasteiger partial charge in [-0.25, -0.2) is 0 Å². The number of allylic oxidation sites excluding steroid dienone is 1. The lowest BCUT2D eigenvalue weighted by Gasteiger charge is -2.51. The Balaban J connectivity index is 0.896. The van der Waals surface area contributed by atoms with E-state index in [0.717, 1.165) is 51.4 Å². The highest BCUT2D eigenvalue weighted by Gasteiger charge is 2.58. The van der Waals surface area contributed by atoms with Gasteiger partial charge >= 0.3 is 0 Å². The molecule has 2 atom stereocenters. The number of ether oxygens (including phenoxy) is 1. The van der Waals surface area contributed by atoms with Crippen LogP contribution in [0.3, 0.4) is 0 Å². The van der Waals surface area contributed by atoms with E-state index in [2.05, 4.69) is 274 Å². The fourth-order valence-electron chi connectivity index (χ4n) is 14.0. The van der Waals surface area contributed by atoms with E-state index in [9.17, 15) is 0 Å². The molecule has 75 heavy (non-hydrogen) atoms. The second-order valence-electron chi connectivity index (χ2n) is 20.6. The Bertz CT molecular complexity index is 4050. The Morgan fingerprint density at radius 1 is 0.360 bits per heavy atom. The van der Waals surface area contributed by atoms with Crippen LogP contribution in [0.4, 0.5) is 0 Å². The number of hydrogen-bond donors (Lipinski definition) is 0. The Labute approximate surface area is 438 Å². The smallest absolute Gasteiger partial charge is 0.140 e. The van der Waals surface area contributed by atoms with Crippen LogP contribution in [0, 0.1) is 5.92 Å². The fraction of sp³-hybridized carbons (Fsp3) is 0.0822. The van der Waals surface area contributed by atoms with Gasteiger partial charge in [-0.05, 0) is 107 Å². The summed E-state index contributed by atoms with van der Waals surface area (Å²) in [4.78, 5) is 5.68. The quantitative estimate of drug-likeness (QED) is 0.163. The lowest BCUT2D eigenvalue weighted by atomic mass is 9.51. The Kier molecular flexibility index (Phi) is 9.84. The summed E-state index contributed by atoms with van der Waals surface area (Å²) in [7, 11) is 0. The molecular formula is C73H51NO. The van der Waals surface area contributed by atoms with E-state index in [1.54, 1.807) is 0 Å². The molecule has 2 heteroatoms. The Morgan fingerprint density at radius 2 is 0.813 bits per heavy atom. The molecule has 0 aromatic heterocycles. The zero-order valence-electron chi connectivity index (χ0n) is 41.6. The fourth-order valence-corrected chi connectivity index (χ4v) is 14.0. The van der Waals surface area contributed by atoms with E-state index >= 15 is 0 Å². The molecule has 2 heterocycles. The highest BCUT2D eigenvalue weighted by molar-refractivity contribution is 6.21. The summed E-state index contributed by atoms with van der Waals surface area (Å²) in [5.41, 5.74) is 22.0. The number of aliphatic imine (C=N–C) groups is 1. The average Bonchev–Trinajstić information content (AvgIpc) is 3.93. The molecule has 0 amide bonds. The van der Waals surface area contributed by atoms with Crippen molar-refractivity contribution in [1.29, 1.82) is 0 Å². The molecule has 0 N–H and O–H groups in total. The van der Waals surface area contributed by atoms with Gasteiger partial charge in [0.2, 0.25) is 0 Å². The molecule has 15 rings (SSSR count). The van der Waals surface area contributed by atoms with Crippen LogP contribution in [0.15, 0.2) is 272 Å². The van der Waals surface area contributed by atoms with Gasteiger partial charge in [-0.15, -0.1) is 0 Å². The van der Waals surface area contributed by atoms with Crippen LogP contribution in [0.1, 0.15) is 80.6 Å². The highest BCUT2D eigenvalue weighted by Crippen LogP contribution is 2.67. The molecular weight excluding hydrogens is 907 g/mol. The molecule has 0 saturated carbocycles. The van der Waals surface area contributed by atoms with Gasteiger partial charge in [0, 0.05) is 28.2 Å². The molecule has 11 aromatic rings. The van der Waals surface area contributed by atoms with Crippen LogP contribution >= 0.6 is 0 Å². The van der Waals surface area contributed by atoms with Crippen LogP contribution in [-0.4, -0.2) is 5.71 Å². The van der Waals surface area contributed by atoms with Crippen molar-refractivity contribution in [3.63, 3.8) is 0 Å². The lowest BCUT2D eigenvalue weighted by molar-refractivity contribution is 0.430. The lowest BCUT2D eigenvalue weighted by Crippen LogP contribution is -2.45. The summed E-state index contributed by atoms with van der Waals surface area (Å²) in [6.07, 6.45) is 3.33. The maximum absolute atomic E-state index is 7.30.